The van der Waals surface area contributed by atoms with Crippen molar-refractivity contribution in [2.45, 2.75) is 52.2 Å². The van der Waals surface area contributed by atoms with Crippen LogP contribution in [0.1, 0.15) is 46.1 Å². The third kappa shape index (κ3) is 7.08. The van der Waals surface area contributed by atoms with Crippen molar-refractivity contribution in [3.8, 4) is 0 Å². The highest BCUT2D eigenvalue weighted by Gasteiger charge is 2.27. The number of esters is 1. The van der Waals surface area contributed by atoms with E-state index in [4.69, 9.17) is 21.1 Å². The Labute approximate surface area is 171 Å². The lowest BCUT2D eigenvalue weighted by Gasteiger charge is -2.34. The van der Waals surface area contributed by atoms with Crippen molar-refractivity contribution in [3.05, 3.63) is 34.9 Å². The third-order valence-electron chi connectivity index (χ3n) is 4.21. The van der Waals surface area contributed by atoms with E-state index in [1.807, 2.05) is 26.8 Å². The average Bonchev–Trinajstić information content (AvgIpc) is 2.61. The number of carbonyl (C=O) groups excluding carboxylic acids is 2. The van der Waals surface area contributed by atoms with Gasteiger partial charge in [0.1, 0.15) is 5.60 Å². The van der Waals surface area contributed by atoms with Gasteiger partial charge in [0, 0.05) is 35.9 Å². The van der Waals surface area contributed by atoms with Crippen molar-refractivity contribution in [1.29, 1.82) is 0 Å². The maximum Gasteiger partial charge on any atom is 0.410 e. The number of halogens is 1. The SMILES string of the molecule is CCOC(=O)/C=C/c1cc(Cl)ccc1NC1CCN(C(=O)OC(C)(C)C)CC1. The van der Waals surface area contributed by atoms with Gasteiger partial charge in [-0.1, -0.05) is 11.6 Å². The zero-order valence-corrected chi connectivity index (χ0v) is 17.7. The zero-order valence-electron chi connectivity index (χ0n) is 17.0. The summed E-state index contributed by atoms with van der Waals surface area (Å²) >= 11 is 6.11. The number of amides is 1. The van der Waals surface area contributed by atoms with Gasteiger partial charge in [0.15, 0.2) is 0 Å². The van der Waals surface area contributed by atoms with E-state index < -0.39 is 5.60 Å². The van der Waals surface area contributed by atoms with Crippen LogP contribution >= 0.6 is 11.6 Å². The first-order chi connectivity index (χ1) is 13.2. The van der Waals surface area contributed by atoms with E-state index in [9.17, 15) is 9.59 Å². The van der Waals surface area contributed by atoms with E-state index in [2.05, 4.69) is 5.32 Å². The normalized spacial score (nSPS) is 15.5. The monoisotopic (exact) mass is 408 g/mol. The molecule has 1 fully saturated rings. The Kier molecular flexibility index (Phi) is 7.75. The number of hydrogen-bond donors (Lipinski definition) is 1. The summed E-state index contributed by atoms with van der Waals surface area (Å²) in [5.74, 6) is -0.390. The number of nitrogens with one attached hydrogen (secondary N) is 1. The van der Waals surface area contributed by atoms with E-state index in [0.717, 1.165) is 24.1 Å². The third-order valence-corrected chi connectivity index (χ3v) is 4.44. The summed E-state index contributed by atoms with van der Waals surface area (Å²) in [6.45, 7) is 8.96. The van der Waals surface area contributed by atoms with Gasteiger partial charge in [0.05, 0.1) is 6.61 Å². The van der Waals surface area contributed by atoms with Crippen LogP contribution < -0.4 is 5.32 Å². The number of hydrogen-bond acceptors (Lipinski definition) is 5. The Morgan fingerprint density at radius 1 is 1.29 bits per heavy atom. The van der Waals surface area contributed by atoms with Gasteiger partial charge in [-0.25, -0.2) is 9.59 Å². The smallest absolute Gasteiger partial charge is 0.410 e. The van der Waals surface area contributed by atoms with Crippen LogP contribution in [0.3, 0.4) is 0 Å². The number of carbonyl (C=O) groups is 2. The van der Waals surface area contributed by atoms with Gasteiger partial charge in [-0.2, -0.15) is 0 Å². The van der Waals surface area contributed by atoms with Crippen LogP contribution in [0.2, 0.25) is 5.02 Å². The van der Waals surface area contributed by atoms with E-state index in [1.165, 1.54) is 6.08 Å². The van der Waals surface area contributed by atoms with Crippen LogP contribution in [-0.4, -0.2) is 48.3 Å². The fourth-order valence-electron chi connectivity index (χ4n) is 2.90. The summed E-state index contributed by atoms with van der Waals surface area (Å²) in [5.41, 5.74) is 1.21. The fraction of sp³-hybridized carbons (Fsp3) is 0.524. The molecule has 0 aliphatic carbocycles. The Hall–Kier alpha value is -2.21. The molecule has 0 unspecified atom stereocenters. The van der Waals surface area contributed by atoms with Crippen molar-refractivity contribution in [2.75, 3.05) is 25.0 Å². The predicted molar refractivity (Wildman–Crippen MR) is 112 cm³/mol. The van der Waals surface area contributed by atoms with Gasteiger partial charge in [-0.15, -0.1) is 0 Å². The van der Waals surface area contributed by atoms with Crippen LogP contribution in [0, 0.1) is 0 Å². The highest BCUT2D eigenvalue weighted by molar-refractivity contribution is 6.30. The molecule has 1 aromatic rings. The van der Waals surface area contributed by atoms with Gasteiger partial charge in [-0.05, 0) is 70.4 Å². The van der Waals surface area contributed by atoms with Crippen LogP contribution in [0.25, 0.3) is 6.08 Å². The number of benzene rings is 1. The quantitative estimate of drug-likeness (QED) is 0.563. The van der Waals surface area contributed by atoms with Crippen molar-refractivity contribution < 1.29 is 19.1 Å². The standard InChI is InChI=1S/C21H29ClN2O4/c1-5-27-19(25)9-6-15-14-16(22)7-8-18(15)23-17-10-12-24(13-11-17)20(26)28-21(2,3)4/h6-9,14,17,23H,5,10-13H2,1-4H3/b9-6+. The summed E-state index contributed by atoms with van der Waals surface area (Å²) in [6, 6.07) is 5.72. The van der Waals surface area contributed by atoms with Gasteiger partial charge in [-0.3, -0.25) is 0 Å². The lowest BCUT2D eigenvalue weighted by atomic mass is 10.0. The van der Waals surface area contributed by atoms with E-state index in [0.29, 0.717) is 24.7 Å². The first-order valence-corrected chi connectivity index (χ1v) is 9.94. The molecule has 1 amide bonds. The molecule has 1 heterocycles. The number of nitrogens with zero attached hydrogens (tertiary/aromatic N) is 1. The summed E-state index contributed by atoms with van der Waals surface area (Å²) in [4.78, 5) is 25.5. The number of rotatable bonds is 5. The molecule has 1 aliphatic heterocycles. The van der Waals surface area contributed by atoms with Crippen molar-refractivity contribution in [1.82, 2.24) is 4.90 Å². The highest BCUT2D eigenvalue weighted by Crippen LogP contribution is 2.25. The Morgan fingerprint density at radius 2 is 1.96 bits per heavy atom. The minimum Gasteiger partial charge on any atom is -0.463 e. The zero-order chi connectivity index (χ0) is 20.7. The average molecular weight is 409 g/mol. The molecule has 28 heavy (non-hydrogen) atoms. The minimum absolute atomic E-state index is 0.217. The molecule has 0 saturated carbocycles. The molecule has 0 aromatic heterocycles. The van der Waals surface area contributed by atoms with Gasteiger partial charge in [0.2, 0.25) is 0 Å². The molecule has 1 N–H and O–H groups in total. The molecule has 6 nitrogen and oxygen atoms in total. The van der Waals surface area contributed by atoms with Crippen molar-refractivity contribution >= 4 is 35.4 Å². The van der Waals surface area contributed by atoms with Crippen LogP contribution in [0.4, 0.5) is 10.5 Å². The summed E-state index contributed by atoms with van der Waals surface area (Å²) < 4.78 is 10.4. The lowest BCUT2D eigenvalue weighted by Crippen LogP contribution is -2.44. The van der Waals surface area contributed by atoms with E-state index in [1.54, 1.807) is 30.0 Å². The first kappa shape index (κ1) is 22.1. The minimum atomic E-state index is -0.490. The number of ether oxygens (including phenoxy) is 2. The molecule has 0 radical (unpaired) electrons. The molecule has 1 saturated heterocycles. The maximum absolute atomic E-state index is 12.2. The first-order valence-electron chi connectivity index (χ1n) is 9.57. The largest absolute Gasteiger partial charge is 0.463 e. The molecule has 7 heteroatoms. The second kappa shape index (κ2) is 9.82. The topological polar surface area (TPSA) is 67.9 Å². The molecule has 2 rings (SSSR count). The molecule has 154 valence electrons. The van der Waals surface area contributed by atoms with Crippen molar-refractivity contribution in [3.63, 3.8) is 0 Å². The second-order valence-corrected chi connectivity index (χ2v) is 8.14. The number of piperidine rings is 1. The summed E-state index contributed by atoms with van der Waals surface area (Å²) in [5, 5.41) is 4.09. The van der Waals surface area contributed by atoms with E-state index >= 15 is 0 Å². The Bertz CT molecular complexity index is 720. The maximum atomic E-state index is 12.2. The van der Waals surface area contributed by atoms with Gasteiger partial charge < -0.3 is 19.7 Å². The molecule has 0 atom stereocenters. The van der Waals surface area contributed by atoms with Crippen LogP contribution in [0.15, 0.2) is 24.3 Å². The molecule has 0 bridgehead atoms. The van der Waals surface area contributed by atoms with Gasteiger partial charge >= 0.3 is 12.1 Å². The summed E-state index contributed by atoms with van der Waals surface area (Å²) in [6.07, 6.45) is 4.44. The molecule has 0 spiro atoms. The predicted octanol–water partition coefficient (Wildman–Crippen LogP) is 4.73. The van der Waals surface area contributed by atoms with Crippen LogP contribution in [-0.2, 0) is 14.3 Å². The van der Waals surface area contributed by atoms with Crippen LogP contribution in [0.5, 0.6) is 0 Å². The highest BCUT2D eigenvalue weighted by atomic mass is 35.5. The molecular formula is C21H29ClN2O4. The Morgan fingerprint density at radius 3 is 2.57 bits per heavy atom. The Balaban J connectivity index is 1.97. The van der Waals surface area contributed by atoms with Crippen molar-refractivity contribution in [2.24, 2.45) is 0 Å². The molecular weight excluding hydrogens is 380 g/mol. The number of likely N-dealkylation sites (tertiary alicyclic amines) is 1. The fourth-order valence-corrected chi connectivity index (χ4v) is 3.08. The molecule has 1 aromatic carbocycles. The number of anilines is 1. The second-order valence-electron chi connectivity index (χ2n) is 7.70. The lowest BCUT2D eigenvalue weighted by molar-refractivity contribution is -0.137. The molecule has 1 aliphatic rings. The van der Waals surface area contributed by atoms with E-state index in [-0.39, 0.29) is 18.1 Å². The van der Waals surface area contributed by atoms with Gasteiger partial charge in [0.25, 0.3) is 0 Å². The summed E-state index contributed by atoms with van der Waals surface area (Å²) in [7, 11) is 0.